The van der Waals surface area contributed by atoms with Gasteiger partial charge in [-0.05, 0) is 37.6 Å². The van der Waals surface area contributed by atoms with Crippen LogP contribution in [0.25, 0.3) is 0 Å². The molecule has 0 saturated carbocycles. The molecule has 1 amide bonds. The van der Waals surface area contributed by atoms with Gasteiger partial charge >= 0.3 is 0 Å². The Kier molecular flexibility index (Phi) is 5.15. The van der Waals surface area contributed by atoms with E-state index in [1.54, 1.807) is 0 Å². The highest BCUT2D eigenvalue weighted by atomic mass is 32.1. The van der Waals surface area contributed by atoms with Gasteiger partial charge in [-0.1, -0.05) is 6.07 Å². The number of aryl methyl sites for hydroxylation is 1. The third-order valence-electron chi connectivity index (χ3n) is 4.27. The summed E-state index contributed by atoms with van der Waals surface area (Å²) in [7, 11) is 2.14. The van der Waals surface area contributed by atoms with Gasteiger partial charge in [-0.25, -0.2) is 0 Å². The molecule has 0 bridgehead atoms. The van der Waals surface area contributed by atoms with Gasteiger partial charge in [0, 0.05) is 32.7 Å². The van der Waals surface area contributed by atoms with Crippen LogP contribution in [0.2, 0.25) is 0 Å². The van der Waals surface area contributed by atoms with Crippen molar-refractivity contribution in [2.24, 2.45) is 0 Å². The Morgan fingerprint density at radius 2 is 2.09 bits per heavy atom. The quantitative estimate of drug-likeness (QED) is 0.913. The minimum atomic E-state index is -0.0117. The van der Waals surface area contributed by atoms with E-state index in [-0.39, 0.29) is 11.9 Å². The maximum absolute atomic E-state index is 12.2. The summed E-state index contributed by atoms with van der Waals surface area (Å²) in [5.74, 6) is 1.82. The molecule has 0 aromatic carbocycles. The Bertz CT molecular complexity index is 630. The van der Waals surface area contributed by atoms with Crippen LogP contribution in [0.4, 0.5) is 0 Å². The van der Waals surface area contributed by atoms with E-state index in [0.717, 1.165) is 42.6 Å². The number of piperazine rings is 1. The molecule has 3 heterocycles. The number of hydrogen-bond acceptors (Lipinski definition) is 5. The lowest BCUT2D eigenvalue weighted by molar-refractivity contribution is 0.0852. The Morgan fingerprint density at radius 1 is 1.30 bits per heavy atom. The lowest BCUT2D eigenvalue weighted by atomic mass is 10.1. The Balaban J connectivity index is 1.69. The maximum Gasteiger partial charge on any atom is 0.261 e. The van der Waals surface area contributed by atoms with Crippen molar-refractivity contribution in [2.45, 2.75) is 13.0 Å². The maximum atomic E-state index is 12.2. The van der Waals surface area contributed by atoms with Crippen molar-refractivity contribution < 1.29 is 9.21 Å². The molecule has 1 unspecified atom stereocenters. The summed E-state index contributed by atoms with van der Waals surface area (Å²) in [6.45, 7) is 6.55. The van der Waals surface area contributed by atoms with Crippen LogP contribution in [0, 0.1) is 6.92 Å². The molecule has 1 saturated heterocycles. The van der Waals surface area contributed by atoms with Gasteiger partial charge in [0.2, 0.25) is 0 Å². The van der Waals surface area contributed by atoms with Crippen molar-refractivity contribution in [1.29, 1.82) is 0 Å². The average molecular weight is 333 g/mol. The number of carbonyl (C=O) groups excluding carboxylic acids is 1. The van der Waals surface area contributed by atoms with Crippen molar-refractivity contribution in [1.82, 2.24) is 15.1 Å². The van der Waals surface area contributed by atoms with Gasteiger partial charge in [-0.15, -0.1) is 11.3 Å². The largest absolute Gasteiger partial charge is 0.465 e. The van der Waals surface area contributed by atoms with E-state index in [1.807, 2.05) is 36.6 Å². The van der Waals surface area contributed by atoms with Gasteiger partial charge in [0.15, 0.2) is 0 Å². The molecule has 0 aliphatic carbocycles. The van der Waals surface area contributed by atoms with Crippen molar-refractivity contribution in [3.63, 3.8) is 0 Å². The zero-order chi connectivity index (χ0) is 16.2. The topological polar surface area (TPSA) is 48.7 Å². The Morgan fingerprint density at radius 3 is 2.70 bits per heavy atom. The molecule has 1 N–H and O–H groups in total. The number of thiophene rings is 1. The fourth-order valence-corrected chi connectivity index (χ4v) is 3.50. The third kappa shape index (κ3) is 4.02. The number of amides is 1. The smallest absolute Gasteiger partial charge is 0.261 e. The van der Waals surface area contributed by atoms with Gasteiger partial charge < -0.3 is 14.6 Å². The summed E-state index contributed by atoms with van der Waals surface area (Å²) >= 11 is 1.46. The molecular weight excluding hydrogens is 310 g/mol. The van der Waals surface area contributed by atoms with Crippen LogP contribution in [0.5, 0.6) is 0 Å². The molecule has 1 fully saturated rings. The molecule has 23 heavy (non-hydrogen) atoms. The highest BCUT2D eigenvalue weighted by Crippen LogP contribution is 2.23. The fraction of sp³-hybridized carbons (Fsp3) is 0.471. The van der Waals surface area contributed by atoms with Gasteiger partial charge in [0.25, 0.3) is 5.91 Å². The highest BCUT2D eigenvalue weighted by molar-refractivity contribution is 7.12. The lowest BCUT2D eigenvalue weighted by Crippen LogP contribution is -2.48. The number of furan rings is 1. The summed E-state index contributed by atoms with van der Waals surface area (Å²) in [6.07, 6.45) is 0. The molecule has 0 spiro atoms. The number of rotatable bonds is 5. The summed E-state index contributed by atoms with van der Waals surface area (Å²) in [5, 5.41) is 4.98. The van der Waals surface area contributed by atoms with E-state index in [4.69, 9.17) is 4.42 Å². The fourth-order valence-electron chi connectivity index (χ4n) is 2.86. The second-order valence-electron chi connectivity index (χ2n) is 5.99. The summed E-state index contributed by atoms with van der Waals surface area (Å²) in [5.41, 5.74) is 0. The molecule has 1 aliphatic rings. The summed E-state index contributed by atoms with van der Waals surface area (Å²) < 4.78 is 5.84. The SMILES string of the molecule is Cc1ccc(C(CNC(=O)c2cccs2)N2CCN(C)CC2)o1. The molecule has 3 rings (SSSR count). The van der Waals surface area contributed by atoms with Crippen LogP contribution in [0.3, 0.4) is 0 Å². The van der Waals surface area contributed by atoms with E-state index in [0.29, 0.717) is 6.54 Å². The number of carbonyl (C=O) groups is 1. The first-order chi connectivity index (χ1) is 11.1. The molecule has 2 aromatic rings. The first-order valence-corrected chi connectivity index (χ1v) is 8.82. The first-order valence-electron chi connectivity index (χ1n) is 7.94. The van der Waals surface area contributed by atoms with Crippen molar-refractivity contribution in [3.8, 4) is 0 Å². The van der Waals surface area contributed by atoms with Crippen LogP contribution in [0.1, 0.15) is 27.2 Å². The minimum Gasteiger partial charge on any atom is -0.465 e. The zero-order valence-electron chi connectivity index (χ0n) is 13.6. The Hall–Kier alpha value is -1.63. The predicted molar refractivity (Wildman–Crippen MR) is 91.9 cm³/mol. The van der Waals surface area contributed by atoms with Crippen LogP contribution in [0.15, 0.2) is 34.1 Å². The number of likely N-dealkylation sites (N-methyl/N-ethyl adjacent to an activating group) is 1. The second kappa shape index (κ2) is 7.29. The van der Waals surface area contributed by atoms with Gasteiger partial charge in [0.05, 0.1) is 10.9 Å². The Labute approximate surface area is 140 Å². The van der Waals surface area contributed by atoms with Gasteiger partial charge in [0.1, 0.15) is 11.5 Å². The number of nitrogens with zero attached hydrogens (tertiary/aromatic N) is 2. The molecule has 1 aliphatic heterocycles. The minimum absolute atomic E-state index is 0.0117. The van der Waals surface area contributed by atoms with Crippen molar-refractivity contribution >= 4 is 17.2 Å². The number of hydrogen-bond donors (Lipinski definition) is 1. The van der Waals surface area contributed by atoms with Crippen LogP contribution >= 0.6 is 11.3 Å². The summed E-state index contributed by atoms with van der Waals surface area (Å²) in [4.78, 5) is 17.7. The van der Waals surface area contributed by atoms with E-state index in [2.05, 4.69) is 22.2 Å². The standard InChI is InChI=1S/C17H23N3O2S/c1-13-5-6-15(22-13)14(20-9-7-19(2)8-10-20)12-18-17(21)16-4-3-11-23-16/h3-6,11,14H,7-10,12H2,1-2H3,(H,18,21). The van der Waals surface area contributed by atoms with E-state index in [1.165, 1.54) is 11.3 Å². The number of nitrogens with one attached hydrogen (secondary N) is 1. The van der Waals surface area contributed by atoms with Gasteiger partial charge in [-0.2, -0.15) is 0 Å². The van der Waals surface area contributed by atoms with E-state index < -0.39 is 0 Å². The zero-order valence-corrected chi connectivity index (χ0v) is 14.4. The molecule has 0 radical (unpaired) electrons. The van der Waals surface area contributed by atoms with Crippen LogP contribution in [-0.4, -0.2) is 55.5 Å². The average Bonchev–Trinajstić information content (AvgIpc) is 3.21. The van der Waals surface area contributed by atoms with E-state index >= 15 is 0 Å². The van der Waals surface area contributed by atoms with Crippen LogP contribution in [-0.2, 0) is 0 Å². The predicted octanol–water partition coefficient (Wildman–Crippen LogP) is 2.37. The summed E-state index contributed by atoms with van der Waals surface area (Å²) in [6, 6.07) is 7.84. The molecular formula is C17H23N3O2S. The van der Waals surface area contributed by atoms with Crippen molar-refractivity contribution in [3.05, 3.63) is 46.0 Å². The molecule has 1 atom stereocenters. The molecule has 6 heteroatoms. The van der Waals surface area contributed by atoms with Gasteiger partial charge in [-0.3, -0.25) is 9.69 Å². The normalized spacial score (nSPS) is 18.0. The first kappa shape index (κ1) is 16.2. The molecule has 2 aromatic heterocycles. The monoisotopic (exact) mass is 333 g/mol. The van der Waals surface area contributed by atoms with Crippen molar-refractivity contribution in [2.75, 3.05) is 39.8 Å². The third-order valence-corrected chi connectivity index (χ3v) is 5.14. The lowest BCUT2D eigenvalue weighted by Gasteiger charge is -2.37. The van der Waals surface area contributed by atoms with Crippen LogP contribution < -0.4 is 5.32 Å². The van der Waals surface area contributed by atoms with E-state index in [9.17, 15) is 4.79 Å². The molecule has 124 valence electrons. The molecule has 5 nitrogen and oxygen atoms in total. The second-order valence-corrected chi connectivity index (χ2v) is 6.94. The highest BCUT2D eigenvalue weighted by Gasteiger charge is 2.26.